The minimum Gasteiger partial charge on any atom is -1.00 e. The zero-order valence-electron chi connectivity index (χ0n) is 14.7. The summed E-state index contributed by atoms with van der Waals surface area (Å²) in [5.41, 5.74) is 0. The predicted molar refractivity (Wildman–Crippen MR) is 77.5 cm³/mol. The average Bonchev–Trinajstić information content (AvgIpc) is 2.35. The van der Waals surface area contributed by atoms with Crippen molar-refractivity contribution >= 4 is 11.9 Å². The molecule has 0 aromatic rings. The number of rotatable bonds is 10. The second-order valence-corrected chi connectivity index (χ2v) is 5.05. The van der Waals surface area contributed by atoms with Gasteiger partial charge in [0.05, 0.1) is 0 Å². The Balaban J connectivity index is -0.00000162. The molecule has 0 atom stereocenters. The molecule has 0 rings (SSSR count). The fourth-order valence-corrected chi connectivity index (χ4v) is 1.99. The largest absolute Gasteiger partial charge is 1.00 e. The average molecular weight is 295 g/mol. The van der Waals surface area contributed by atoms with E-state index >= 15 is 0 Å². The van der Waals surface area contributed by atoms with E-state index in [0.29, 0.717) is 6.42 Å². The first-order valence-corrected chi connectivity index (χ1v) is 7.53. The van der Waals surface area contributed by atoms with E-state index < -0.39 is 5.97 Å². The molecule has 0 N–H and O–H groups in total. The first-order chi connectivity index (χ1) is 9.07. The molecule has 0 saturated carbocycles. The Hall–Kier alpha value is -0.0600. The molecule has 0 fully saturated rings. The fourth-order valence-electron chi connectivity index (χ4n) is 1.99. The van der Waals surface area contributed by atoms with Gasteiger partial charge in [-0.05, 0) is 6.42 Å². The quantitative estimate of drug-likeness (QED) is 0.343. The molecule has 0 radical (unpaired) electrons. The molecular weight excluding hydrogens is 265 g/mol. The van der Waals surface area contributed by atoms with Gasteiger partial charge in [0.15, 0.2) is 0 Å². The van der Waals surface area contributed by atoms with Crippen LogP contribution in [0.25, 0.3) is 0 Å². The van der Waals surface area contributed by atoms with Crippen LogP contribution in [0.3, 0.4) is 0 Å². The molecule has 0 aromatic carbocycles. The van der Waals surface area contributed by atoms with Gasteiger partial charge in [0.2, 0.25) is 0 Å². The van der Waals surface area contributed by atoms with Crippen LogP contribution in [0.2, 0.25) is 0 Å². The smallest absolute Gasteiger partial charge is 1.00 e. The number of carbonyl (C=O) groups is 2. The molecule has 0 aliphatic heterocycles. The van der Waals surface area contributed by atoms with Crippen molar-refractivity contribution in [2.75, 3.05) is 7.05 Å². The first kappa shape index (κ1) is 22.2. The van der Waals surface area contributed by atoms with Gasteiger partial charge in [-0.15, -0.1) is 0 Å². The summed E-state index contributed by atoms with van der Waals surface area (Å²) in [5, 5.41) is 1.03. The third-order valence-corrected chi connectivity index (χ3v) is 3.11. The van der Waals surface area contributed by atoms with Gasteiger partial charge in [-0.1, -0.05) is 58.3 Å². The van der Waals surface area contributed by atoms with Crippen molar-refractivity contribution in [3.63, 3.8) is 0 Å². The number of hydrogen-bond acceptors (Lipinski definition) is 3. The van der Waals surface area contributed by atoms with Gasteiger partial charge in [-0.3, -0.25) is 9.59 Å². The summed E-state index contributed by atoms with van der Waals surface area (Å²) < 4.78 is 0. The van der Waals surface area contributed by atoms with Gasteiger partial charge in [-0.25, -0.2) is 0 Å². The summed E-state index contributed by atoms with van der Waals surface area (Å²) in [5.74, 6) is -0.582. The van der Waals surface area contributed by atoms with E-state index in [-0.39, 0.29) is 36.9 Å². The van der Waals surface area contributed by atoms with E-state index in [0.717, 1.165) is 17.9 Å². The number of nitrogens with zero attached hydrogens (tertiary/aromatic N) is 1. The molecule has 114 valence electrons. The zero-order valence-corrected chi connectivity index (χ0v) is 15.7. The van der Waals surface area contributed by atoms with Gasteiger partial charge >= 0.3 is 35.5 Å². The maximum atomic E-state index is 11.5. The van der Waals surface area contributed by atoms with Crippen LogP contribution < -0.4 is 29.6 Å². The third kappa shape index (κ3) is 14.4. The molecular formula is C15H30NNaO3. The molecule has 0 heterocycles. The minimum absolute atomic E-state index is 0. The Bertz CT molecular complexity index is 265. The predicted octanol–water partition coefficient (Wildman–Crippen LogP) is 0.960. The number of unbranched alkanes of at least 4 members (excludes halogenated alkanes) is 8. The van der Waals surface area contributed by atoms with E-state index in [2.05, 4.69) is 11.8 Å². The molecule has 0 bridgehead atoms. The number of hydroxylamine groups is 2. The molecule has 0 saturated heterocycles. The van der Waals surface area contributed by atoms with E-state index in [1.807, 2.05) is 0 Å². The standard InChI is InChI=1S/C15H29NO3.Na.H/c1-4-5-6-7-8-9-10-11-12-13-15(18)16(3)19-14(2)17;;/h4-13H2,1-3H3;;/q;+1;-1. The first-order valence-electron chi connectivity index (χ1n) is 7.53. The molecule has 0 spiro atoms. The van der Waals surface area contributed by atoms with Gasteiger partial charge < -0.3 is 6.26 Å². The van der Waals surface area contributed by atoms with Gasteiger partial charge in [0.1, 0.15) is 0 Å². The van der Waals surface area contributed by atoms with Crippen LogP contribution in [0, 0.1) is 0 Å². The van der Waals surface area contributed by atoms with Crippen molar-refractivity contribution in [1.82, 2.24) is 5.06 Å². The van der Waals surface area contributed by atoms with Crippen LogP contribution in [0.4, 0.5) is 0 Å². The van der Waals surface area contributed by atoms with Crippen LogP contribution >= 0.6 is 0 Å². The SMILES string of the molecule is CCCCCCCCCCCC(=O)N(C)OC(C)=O.[H-].[Na+]. The van der Waals surface area contributed by atoms with Crippen molar-refractivity contribution in [3.05, 3.63) is 0 Å². The van der Waals surface area contributed by atoms with E-state index in [1.54, 1.807) is 0 Å². The van der Waals surface area contributed by atoms with Crippen LogP contribution in [-0.2, 0) is 14.4 Å². The molecule has 0 aliphatic rings. The number of carbonyl (C=O) groups excluding carboxylic acids is 2. The summed E-state index contributed by atoms with van der Waals surface area (Å²) >= 11 is 0. The third-order valence-electron chi connectivity index (χ3n) is 3.11. The Morgan fingerprint density at radius 1 is 0.950 bits per heavy atom. The Labute approximate surface area is 147 Å². The normalized spacial score (nSPS) is 9.75. The van der Waals surface area contributed by atoms with Gasteiger partial charge in [0, 0.05) is 20.4 Å². The summed E-state index contributed by atoms with van der Waals surface area (Å²) in [4.78, 5) is 26.9. The molecule has 5 heteroatoms. The van der Waals surface area contributed by atoms with E-state index in [9.17, 15) is 9.59 Å². The topological polar surface area (TPSA) is 46.6 Å². The Morgan fingerprint density at radius 3 is 1.85 bits per heavy atom. The molecule has 1 amide bonds. The minimum atomic E-state index is -0.456. The second kappa shape index (κ2) is 15.3. The maximum absolute atomic E-state index is 11.5. The van der Waals surface area contributed by atoms with Crippen molar-refractivity contribution in [2.45, 2.75) is 78.1 Å². The second-order valence-electron chi connectivity index (χ2n) is 5.05. The fraction of sp³-hybridized carbons (Fsp3) is 0.867. The van der Waals surface area contributed by atoms with Crippen molar-refractivity contribution < 1.29 is 45.4 Å². The van der Waals surface area contributed by atoms with Crippen LogP contribution in [0.1, 0.15) is 79.5 Å². The van der Waals surface area contributed by atoms with E-state index in [1.165, 1.54) is 58.9 Å². The molecule has 20 heavy (non-hydrogen) atoms. The Morgan fingerprint density at radius 2 is 1.40 bits per heavy atom. The van der Waals surface area contributed by atoms with Crippen LogP contribution in [0.15, 0.2) is 0 Å². The summed E-state index contributed by atoms with van der Waals surface area (Å²) in [7, 11) is 1.48. The van der Waals surface area contributed by atoms with Gasteiger partial charge in [0.25, 0.3) is 5.91 Å². The molecule has 0 aliphatic carbocycles. The summed E-state index contributed by atoms with van der Waals surface area (Å²) in [6, 6.07) is 0. The van der Waals surface area contributed by atoms with Crippen LogP contribution in [0.5, 0.6) is 0 Å². The Kier molecular flexibility index (Phi) is 17.0. The van der Waals surface area contributed by atoms with Crippen molar-refractivity contribution in [2.24, 2.45) is 0 Å². The van der Waals surface area contributed by atoms with Crippen molar-refractivity contribution in [3.8, 4) is 0 Å². The van der Waals surface area contributed by atoms with Crippen molar-refractivity contribution in [1.29, 1.82) is 0 Å². The number of amides is 1. The maximum Gasteiger partial charge on any atom is 1.00 e. The molecule has 0 aromatic heterocycles. The van der Waals surface area contributed by atoms with Crippen LogP contribution in [-0.4, -0.2) is 24.0 Å². The van der Waals surface area contributed by atoms with Gasteiger partial charge in [-0.2, -0.15) is 5.06 Å². The molecule has 4 nitrogen and oxygen atoms in total. The zero-order chi connectivity index (χ0) is 14.5. The number of hydrogen-bond donors (Lipinski definition) is 0. The van der Waals surface area contributed by atoms with E-state index in [4.69, 9.17) is 0 Å². The molecule has 0 unspecified atom stereocenters. The summed E-state index contributed by atoms with van der Waals surface area (Å²) in [6.07, 6.45) is 11.5. The monoisotopic (exact) mass is 295 g/mol. The summed E-state index contributed by atoms with van der Waals surface area (Å²) in [6.45, 7) is 3.52.